The van der Waals surface area contributed by atoms with Crippen molar-refractivity contribution in [3.05, 3.63) is 47.8 Å². The van der Waals surface area contributed by atoms with Gasteiger partial charge in [-0.05, 0) is 43.4 Å². The van der Waals surface area contributed by atoms with Gasteiger partial charge in [-0.15, -0.1) is 0 Å². The van der Waals surface area contributed by atoms with Gasteiger partial charge in [-0.3, -0.25) is 4.99 Å². The van der Waals surface area contributed by atoms with E-state index >= 15 is 0 Å². The number of rotatable bonds is 7. The lowest BCUT2D eigenvalue weighted by molar-refractivity contribution is 0.305. The summed E-state index contributed by atoms with van der Waals surface area (Å²) in [6, 6.07) is 8.58. The van der Waals surface area contributed by atoms with Gasteiger partial charge in [0.25, 0.3) is 0 Å². The van der Waals surface area contributed by atoms with Crippen molar-refractivity contribution in [2.45, 2.75) is 45.7 Å². The van der Waals surface area contributed by atoms with Crippen molar-refractivity contribution < 1.29 is 4.74 Å². The van der Waals surface area contributed by atoms with Gasteiger partial charge in [-0.1, -0.05) is 19.1 Å². The zero-order chi connectivity index (χ0) is 20.5. The normalized spacial score (nSPS) is 15.3. The maximum Gasteiger partial charge on any atom is 0.213 e. The minimum Gasteiger partial charge on any atom is -0.478 e. The van der Waals surface area contributed by atoms with Crippen LogP contribution in [0.1, 0.15) is 37.3 Å². The topological polar surface area (TPSA) is 74.7 Å². The fourth-order valence-corrected chi connectivity index (χ4v) is 3.28. The Bertz CT molecular complexity index is 767. The molecule has 0 atom stereocenters. The van der Waals surface area contributed by atoms with Crippen LogP contribution in [0.5, 0.6) is 5.88 Å². The number of piperidine rings is 1. The first-order valence-electron chi connectivity index (χ1n) is 10.4. The monoisotopic (exact) mass is 396 g/mol. The van der Waals surface area contributed by atoms with Crippen LogP contribution >= 0.6 is 0 Å². The molecule has 0 aromatic carbocycles. The van der Waals surface area contributed by atoms with Gasteiger partial charge in [0.15, 0.2) is 5.96 Å². The molecule has 1 saturated heterocycles. The molecular formula is C22H32N6O. The number of anilines is 1. The molecule has 3 heterocycles. The van der Waals surface area contributed by atoms with Crippen molar-refractivity contribution in [3.8, 4) is 5.88 Å². The van der Waals surface area contributed by atoms with E-state index in [9.17, 15) is 0 Å². The third-order valence-corrected chi connectivity index (χ3v) is 4.99. The van der Waals surface area contributed by atoms with Gasteiger partial charge < -0.3 is 20.3 Å². The molecule has 1 fully saturated rings. The van der Waals surface area contributed by atoms with E-state index in [2.05, 4.69) is 56.5 Å². The third-order valence-electron chi connectivity index (χ3n) is 4.99. The minimum absolute atomic E-state index is 0.408. The molecule has 29 heavy (non-hydrogen) atoms. The number of aryl methyl sites for hydroxylation is 1. The smallest absolute Gasteiger partial charge is 0.213 e. The Morgan fingerprint density at radius 3 is 2.62 bits per heavy atom. The second-order valence-corrected chi connectivity index (χ2v) is 7.38. The maximum atomic E-state index is 5.53. The molecule has 0 spiro atoms. The molecule has 2 aromatic rings. The highest BCUT2D eigenvalue weighted by molar-refractivity contribution is 5.80. The lowest BCUT2D eigenvalue weighted by Gasteiger charge is -2.33. The predicted octanol–water partition coefficient (Wildman–Crippen LogP) is 2.91. The summed E-state index contributed by atoms with van der Waals surface area (Å²) in [5.41, 5.74) is 2.29. The maximum absolute atomic E-state index is 5.53. The van der Waals surface area contributed by atoms with E-state index in [1.54, 1.807) is 7.05 Å². The molecule has 0 amide bonds. The molecule has 7 heteroatoms. The predicted molar refractivity (Wildman–Crippen MR) is 118 cm³/mol. The van der Waals surface area contributed by atoms with Gasteiger partial charge in [-0.2, -0.15) is 0 Å². The molecule has 2 aromatic heterocycles. The molecule has 0 unspecified atom stereocenters. The van der Waals surface area contributed by atoms with Crippen LogP contribution in [0, 0.1) is 6.92 Å². The largest absolute Gasteiger partial charge is 0.478 e. The lowest BCUT2D eigenvalue weighted by atomic mass is 10.1. The van der Waals surface area contributed by atoms with Crippen LogP contribution in [0.15, 0.2) is 41.7 Å². The number of ether oxygens (including phenoxy) is 1. The Labute approximate surface area is 173 Å². The quantitative estimate of drug-likeness (QED) is 0.554. The number of nitrogens with one attached hydrogen (secondary N) is 2. The van der Waals surface area contributed by atoms with E-state index in [1.807, 2.05) is 24.5 Å². The fourth-order valence-electron chi connectivity index (χ4n) is 3.28. The van der Waals surface area contributed by atoms with Crippen molar-refractivity contribution in [1.82, 2.24) is 20.6 Å². The van der Waals surface area contributed by atoms with E-state index < -0.39 is 0 Å². The Balaban J connectivity index is 1.43. The number of nitrogens with zero attached hydrogens (tertiary/aromatic N) is 4. The summed E-state index contributed by atoms with van der Waals surface area (Å²) in [7, 11) is 1.81. The molecule has 1 aliphatic rings. The SMILES string of the molecule is CCCOc1ccc(CNC(=NC)NC2CCN(c3ccc(C)cn3)CC2)cn1. The first kappa shape index (κ1) is 20.9. The van der Waals surface area contributed by atoms with Crippen molar-refractivity contribution in [1.29, 1.82) is 0 Å². The van der Waals surface area contributed by atoms with Crippen molar-refractivity contribution in [2.24, 2.45) is 4.99 Å². The van der Waals surface area contributed by atoms with Crippen LogP contribution < -0.4 is 20.3 Å². The molecule has 0 radical (unpaired) electrons. The first-order valence-corrected chi connectivity index (χ1v) is 10.4. The Morgan fingerprint density at radius 2 is 2.00 bits per heavy atom. The molecular weight excluding hydrogens is 364 g/mol. The third kappa shape index (κ3) is 6.34. The zero-order valence-electron chi connectivity index (χ0n) is 17.7. The Kier molecular flexibility index (Phi) is 7.67. The second-order valence-electron chi connectivity index (χ2n) is 7.38. The summed E-state index contributed by atoms with van der Waals surface area (Å²) in [6.45, 7) is 7.50. The number of hydrogen-bond acceptors (Lipinski definition) is 5. The van der Waals surface area contributed by atoms with Crippen LogP contribution in [0.25, 0.3) is 0 Å². The van der Waals surface area contributed by atoms with Crippen LogP contribution in [-0.2, 0) is 6.54 Å². The summed E-state index contributed by atoms with van der Waals surface area (Å²) in [6.07, 6.45) is 6.87. The lowest BCUT2D eigenvalue weighted by Crippen LogP contribution is -2.48. The molecule has 3 rings (SSSR count). The van der Waals surface area contributed by atoms with E-state index in [-0.39, 0.29) is 0 Å². The summed E-state index contributed by atoms with van der Waals surface area (Å²) < 4.78 is 5.53. The van der Waals surface area contributed by atoms with Gasteiger partial charge in [0.1, 0.15) is 5.82 Å². The summed E-state index contributed by atoms with van der Waals surface area (Å²) in [5.74, 6) is 2.56. The molecule has 2 N–H and O–H groups in total. The van der Waals surface area contributed by atoms with Gasteiger partial charge in [0, 0.05) is 51.2 Å². The van der Waals surface area contributed by atoms with E-state index in [0.29, 0.717) is 25.1 Å². The molecule has 7 nitrogen and oxygen atoms in total. The van der Waals surface area contributed by atoms with Crippen LogP contribution in [0.3, 0.4) is 0 Å². The van der Waals surface area contributed by atoms with Crippen molar-refractivity contribution in [2.75, 3.05) is 31.6 Å². The van der Waals surface area contributed by atoms with Gasteiger partial charge in [-0.25, -0.2) is 9.97 Å². The number of aliphatic imine (C=N–C) groups is 1. The first-order chi connectivity index (χ1) is 14.2. The van der Waals surface area contributed by atoms with E-state index in [4.69, 9.17) is 4.74 Å². The van der Waals surface area contributed by atoms with Gasteiger partial charge >= 0.3 is 0 Å². The number of pyridine rings is 2. The molecule has 0 bridgehead atoms. The van der Waals surface area contributed by atoms with Crippen LogP contribution in [0.4, 0.5) is 5.82 Å². The van der Waals surface area contributed by atoms with E-state index in [1.165, 1.54) is 5.56 Å². The number of hydrogen-bond donors (Lipinski definition) is 2. The van der Waals surface area contributed by atoms with E-state index in [0.717, 1.165) is 49.7 Å². The molecule has 1 aliphatic heterocycles. The second kappa shape index (κ2) is 10.6. The number of aromatic nitrogens is 2. The van der Waals surface area contributed by atoms with Gasteiger partial charge in [0.2, 0.25) is 5.88 Å². The summed E-state index contributed by atoms with van der Waals surface area (Å²) in [4.78, 5) is 15.6. The Morgan fingerprint density at radius 1 is 1.17 bits per heavy atom. The summed E-state index contributed by atoms with van der Waals surface area (Å²) >= 11 is 0. The average molecular weight is 397 g/mol. The van der Waals surface area contributed by atoms with Crippen molar-refractivity contribution >= 4 is 11.8 Å². The van der Waals surface area contributed by atoms with Crippen molar-refractivity contribution in [3.63, 3.8) is 0 Å². The summed E-state index contributed by atoms with van der Waals surface area (Å²) in [5, 5.41) is 6.92. The van der Waals surface area contributed by atoms with Gasteiger partial charge in [0.05, 0.1) is 6.61 Å². The highest BCUT2D eigenvalue weighted by atomic mass is 16.5. The molecule has 0 aliphatic carbocycles. The highest BCUT2D eigenvalue weighted by Crippen LogP contribution is 2.18. The van der Waals surface area contributed by atoms with Crippen LogP contribution in [0.2, 0.25) is 0 Å². The standard InChI is InChI=1S/C22H32N6O/c1-4-13-29-21-8-6-18(15-25-21)16-26-22(23-3)27-19-9-11-28(12-10-19)20-7-5-17(2)14-24-20/h5-8,14-15,19H,4,9-13,16H2,1-3H3,(H2,23,26,27). The Hall–Kier alpha value is -2.83. The molecule has 0 saturated carbocycles. The highest BCUT2D eigenvalue weighted by Gasteiger charge is 2.20. The fraction of sp³-hybridized carbons (Fsp3) is 0.500. The minimum atomic E-state index is 0.408. The zero-order valence-corrected chi connectivity index (χ0v) is 17.7. The number of guanidine groups is 1. The molecule has 156 valence electrons. The van der Waals surface area contributed by atoms with Crippen LogP contribution in [-0.4, -0.2) is 48.7 Å². The average Bonchev–Trinajstić information content (AvgIpc) is 2.77.